The third-order valence-corrected chi connectivity index (χ3v) is 10.9. The average molecular weight is 667 g/mol. The number of hydrogen-bond donors (Lipinski definition) is 1. The number of unbranched alkanes of at least 4 members (excludes halogenated alkanes) is 30. The van der Waals surface area contributed by atoms with Crippen LogP contribution in [0.5, 0.6) is 0 Å². The molecule has 1 heterocycles. The van der Waals surface area contributed by atoms with Crippen LogP contribution in [0.1, 0.15) is 238 Å². The minimum atomic E-state index is -0.435. The zero-order valence-electron chi connectivity index (χ0n) is 32.7. The SMILES string of the molecule is CCCCCCCCCCCCCCCCCCC(N)(CCCCCCCCCCCCCCCCCC)n1nnc2cc(C)ccc21. The molecule has 0 saturated carbocycles. The molecule has 0 aliphatic heterocycles. The highest BCUT2D eigenvalue weighted by atomic mass is 15.5. The van der Waals surface area contributed by atoms with Crippen LogP contribution in [0.2, 0.25) is 0 Å². The normalized spacial score (nSPS) is 12.1. The standard InChI is InChI=1S/C44H82N4/c1-4-6-8-10-12-14-16-18-20-22-24-26-28-30-32-34-38-44(45,48-43-37-36-41(3)40-42(43)46-47-48)39-35-33-31-29-27-25-23-21-19-17-15-13-11-9-7-5-2/h36-37,40H,4-35,38-39,45H2,1-3H3. The second-order valence-electron chi connectivity index (χ2n) is 15.7. The van der Waals surface area contributed by atoms with Crippen molar-refractivity contribution < 1.29 is 0 Å². The van der Waals surface area contributed by atoms with Crippen LogP contribution in [0.15, 0.2) is 18.2 Å². The van der Waals surface area contributed by atoms with E-state index in [0.717, 1.165) is 23.9 Å². The lowest BCUT2D eigenvalue weighted by Gasteiger charge is -2.30. The Balaban J connectivity index is 1.58. The minimum Gasteiger partial charge on any atom is -0.307 e. The largest absolute Gasteiger partial charge is 0.307 e. The molecule has 0 aliphatic carbocycles. The maximum atomic E-state index is 7.25. The Morgan fingerprint density at radius 2 is 0.792 bits per heavy atom. The van der Waals surface area contributed by atoms with Gasteiger partial charge in [-0.2, -0.15) is 0 Å². The van der Waals surface area contributed by atoms with Crippen molar-refractivity contribution in [3.05, 3.63) is 23.8 Å². The Labute approximate surface area is 299 Å². The van der Waals surface area contributed by atoms with Gasteiger partial charge in [0, 0.05) is 0 Å². The molecule has 0 aliphatic rings. The van der Waals surface area contributed by atoms with Crippen LogP contribution < -0.4 is 5.73 Å². The summed E-state index contributed by atoms with van der Waals surface area (Å²) in [6.45, 7) is 6.73. The van der Waals surface area contributed by atoms with E-state index in [-0.39, 0.29) is 0 Å². The van der Waals surface area contributed by atoms with Gasteiger partial charge in [0.1, 0.15) is 11.2 Å². The molecule has 2 rings (SSSR count). The van der Waals surface area contributed by atoms with E-state index in [2.05, 4.69) is 54.0 Å². The minimum absolute atomic E-state index is 0.435. The number of benzene rings is 1. The van der Waals surface area contributed by atoms with Crippen LogP contribution in [0.3, 0.4) is 0 Å². The van der Waals surface area contributed by atoms with Gasteiger partial charge >= 0.3 is 0 Å². The molecule has 48 heavy (non-hydrogen) atoms. The Bertz CT molecular complexity index is 945. The quantitative estimate of drug-likeness (QED) is 0.0745. The summed E-state index contributed by atoms with van der Waals surface area (Å²) in [6, 6.07) is 6.49. The highest BCUT2D eigenvalue weighted by Crippen LogP contribution is 2.29. The fraction of sp³-hybridized carbons (Fsp3) is 0.864. The molecule has 1 aromatic heterocycles. The van der Waals surface area contributed by atoms with Crippen LogP contribution in [0.25, 0.3) is 11.0 Å². The van der Waals surface area contributed by atoms with Crippen LogP contribution in [0, 0.1) is 6.92 Å². The van der Waals surface area contributed by atoms with Gasteiger partial charge in [-0.1, -0.05) is 218 Å². The van der Waals surface area contributed by atoms with Gasteiger partial charge in [-0.25, -0.2) is 4.68 Å². The molecule has 4 nitrogen and oxygen atoms in total. The summed E-state index contributed by atoms with van der Waals surface area (Å²) < 4.78 is 2.08. The highest BCUT2D eigenvalue weighted by molar-refractivity contribution is 5.75. The van der Waals surface area contributed by atoms with E-state index in [1.807, 2.05) is 0 Å². The van der Waals surface area contributed by atoms with Crippen molar-refractivity contribution in [2.24, 2.45) is 5.73 Å². The van der Waals surface area contributed by atoms with Crippen molar-refractivity contribution in [3.63, 3.8) is 0 Å². The predicted octanol–water partition coefficient (Wildman–Crippen LogP) is 14.7. The molecule has 0 bridgehead atoms. The molecule has 0 atom stereocenters. The summed E-state index contributed by atoms with van der Waals surface area (Å²) in [5, 5.41) is 9.16. The maximum Gasteiger partial charge on any atom is 0.113 e. The Morgan fingerprint density at radius 3 is 1.12 bits per heavy atom. The van der Waals surface area contributed by atoms with E-state index in [4.69, 9.17) is 5.73 Å². The van der Waals surface area contributed by atoms with Gasteiger partial charge in [0.05, 0.1) is 5.52 Å². The van der Waals surface area contributed by atoms with E-state index in [9.17, 15) is 0 Å². The summed E-state index contributed by atoms with van der Waals surface area (Å²) in [5.41, 5.74) is 10.1. The van der Waals surface area contributed by atoms with Crippen molar-refractivity contribution in [1.29, 1.82) is 0 Å². The molecule has 0 spiro atoms. The fourth-order valence-electron chi connectivity index (χ4n) is 7.66. The maximum absolute atomic E-state index is 7.25. The van der Waals surface area contributed by atoms with Crippen LogP contribution in [0.4, 0.5) is 0 Å². The number of nitrogens with zero attached hydrogens (tertiary/aromatic N) is 3. The third kappa shape index (κ3) is 20.3. The lowest BCUT2D eigenvalue weighted by molar-refractivity contribution is 0.212. The molecule has 2 N–H and O–H groups in total. The number of hydrogen-bond acceptors (Lipinski definition) is 3. The van der Waals surface area contributed by atoms with Crippen molar-refractivity contribution in [3.8, 4) is 0 Å². The van der Waals surface area contributed by atoms with Crippen LogP contribution >= 0.6 is 0 Å². The molecule has 0 amide bonds. The van der Waals surface area contributed by atoms with E-state index >= 15 is 0 Å². The summed E-state index contributed by atoms with van der Waals surface area (Å²) in [5.74, 6) is 0. The fourth-order valence-corrected chi connectivity index (χ4v) is 7.66. The third-order valence-electron chi connectivity index (χ3n) is 10.9. The van der Waals surface area contributed by atoms with Crippen molar-refractivity contribution in [2.45, 2.75) is 245 Å². The Morgan fingerprint density at radius 1 is 0.479 bits per heavy atom. The van der Waals surface area contributed by atoms with E-state index in [1.165, 1.54) is 211 Å². The number of aromatic nitrogens is 3. The predicted molar refractivity (Wildman–Crippen MR) is 213 cm³/mol. The summed E-state index contributed by atoms with van der Waals surface area (Å²) >= 11 is 0. The first kappa shape index (κ1) is 42.7. The number of aryl methyl sites for hydroxylation is 1. The molecule has 2 aromatic rings. The Kier molecular flexibility index (Phi) is 26.1. The van der Waals surface area contributed by atoms with Crippen LogP contribution in [-0.4, -0.2) is 15.0 Å². The van der Waals surface area contributed by atoms with Gasteiger partial charge in [-0.3, -0.25) is 0 Å². The first-order valence-corrected chi connectivity index (χ1v) is 21.7. The first-order chi connectivity index (χ1) is 23.6. The second kappa shape index (κ2) is 29.3. The lowest BCUT2D eigenvalue weighted by Crippen LogP contribution is -2.44. The summed E-state index contributed by atoms with van der Waals surface area (Å²) in [7, 11) is 0. The highest BCUT2D eigenvalue weighted by Gasteiger charge is 2.29. The second-order valence-corrected chi connectivity index (χ2v) is 15.7. The van der Waals surface area contributed by atoms with Crippen molar-refractivity contribution in [1.82, 2.24) is 15.0 Å². The van der Waals surface area contributed by atoms with Gasteiger partial charge in [0.2, 0.25) is 0 Å². The molecular formula is C44H82N4. The van der Waals surface area contributed by atoms with Gasteiger partial charge in [0.15, 0.2) is 0 Å². The topological polar surface area (TPSA) is 56.7 Å². The molecule has 278 valence electrons. The van der Waals surface area contributed by atoms with E-state index < -0.39 is 5.66 Å². The molecule has 0 fully saturated rings. The zero-order valence-corrected chi connectivity index (χ0v) is 32.7. The van der Waals surface area contributed by atoms with Gasteiger partial charge < -0.3 is 5.73 Å². The zero-order chi connectivity index (χ0) is 34.4. The van der Waals surface area contributed by atoms with Gasteiger partial charge in [-0.05, 0) is 50.3 Å². The lowest BCUT2D eigenvalue weighted by atomic mass is 9.94. The smallest absolute Gasteiger partial charge is 0.113 e. The summed E-state index contributed by atoms with van der Waals surface area (Å²) in [6.07, 6.45) is 46.7. The van der Waals surface area contributed by atoms with Gasteiger partial charge in [-0.15, -0.1) is 5.10 Å². The molecule has 4 heteroatoms. The average Bonchev–Trinajstić information content (AvgIpc) is 3.52. The van der Waals surface area contributed by atoms with Crippen molar-refractivity contribution >= 4 is 11.0 Å². The molecule has 0 saturated heterocycles. The number of fused-ring (bicyclic) bond motifs is 1. The van der Waals surface area contributed by atoms with E-state index in [1.54, 1.807) is 0 Å². The molecular weight excluding hydrogens is 585 g/mol. The summed E-state index contributed by atoms with van der Waals surface area (Å²) in [4.78, 5) is 0. The number of rotatable bonds is 35. The Hall–Kier alpha value is -1.42. The first-order valence-electron chi connectivity index (χ1n) is 21.7. The van der Waals surface area contributed by atoms with E-state index in [0.29, 0.717) is 0 Å². The molecule has 0 radical (unpaired) electrons. The molecule has 0 unspecified atom stereocenters. The molecule has 1 aromatic carbocycles. The van der Waals surface area contributed by atoms with Crippen LogP contribution in [-0.2, 0) is 5.66 Å². The monoisotopic (exact) mass is 667 g/mol. The van der Waals surface area contributed by atoms with Gasteiger partial charge in [0.25, 0.3) is 0 Å². The van der Waals surface area contributed by atoms with Crippen molar-refractivity contribution in [2.75, 3.05) is 0 Å². The number of nitrogens with two attached hydrogens (primary N) is 1.